The minimum atomic E-state index is -0.142. The third kappa shape index (κ3) is 3.72. The van der Waals surface area contributed by atoms with Gasteiger partial charge in [-0.1, -0.05) is 29.8 Å². The van der Waals surface area contributed by atoms with Crippen molar-refractivity contribution in [3.05, 3.63) is 58.0 Å². The summed E-state index contributed by atoms with van der Waals surface area (Å²) in [5.74, 6) is 0.812. The predicted octanol–water partition coefficient (Wildman–Crippen LogP) is 3.36. The van der Waals surface area contributed by atoms with Crippen molar-refractivity contribution in [1.82, 2.24) is 25.0 Å². The molecule has 2 amide bonds. The Balaban J connectivity index is 1.36. The van der Waals surface area contributed by atoms with Gasteiger partial charge < -0.3 is 10.2 Å². The monoisotopic (exact) mass is 449 g/mol. The molecule has 2 aromatic heterocycles. The number of nitrogens with one attached hydrogen (secondary N) is 1. The number of piperidine rings is 1. The third-order valence-electron chi connectivity index (χ3n) is 6.51. The van der Waals surface area contributed by atoms with Crippen molar-refractivity contribution in [2.75, 3.05) is 13.1 Å². The van der Waals surface area contributed by atoms with Gasteiger partial charge in [0, 0.05) is 26.3 Å². The molecule has 3 atom stereocenters. The lowest BCUT2D eigenvalue weighted by molar-refractivity contribution is 0.0690. The van der Waals surface area contributed by atoms with Gasteiger partial charge in [0.2, 0.25) is 0 Å². The van der Waals surface area contributed by atoms with E-state index in [0.29, 0.717) is 35.3 Å². The lowest BCUT2D eigenvalue weighted by atomic mass is 10.1. The van der Waals surface area contributed by atoms with Crippen LogP contribution in [0.1, 0.15) is 43.5 Å². The second-order valence-electron chi connectivity index (χ2n) is 8.98. The van der Waals surface area contributed by atoms with Crippen LogP contribution in [0.5, 0.6) is 0 Å². The highest BCUT2D eigenvalue weighted by Gasteiger charge is 2.54. The normalized spacial score (nSPS) is 21.5. The molecule has 1 saturated heterocycles. The Bertz CT molecular complexity index is 1210. The maximum atomic E-state index is 13.6. The number of thiazole rings is 1. The molecule has 32 heavy (non-hydrogen) atoms. The molecule has 2 fully saturated rings. The second-order valence-corrected chi connectivity index (χ2v) is 10.2. The van der Waals surface area contributed by atoms with Crippen molar-refractivity contribution >= 4 is 23.2 Å². The second kappa shape index (κ2) is 7.85. The predicted molar refractivity (Wildman–Crippen MR) is 124 cm³/mol. The number of likely N-dealkylation sites (tertiary alicyclic amines) is 1. The average Bonchev–Trinajstić information content (AvgIpc) is 3.07. The smallest absolute Gasteiger partial charge is 0.274 e. The van der Waals surface area contributed by atoms with E-state index >= 15 is 0 Å². The van der Waals surface area contributed by atoms with E-state index in [-0.39, 0.29) is 17.9 Å². The molecule has 166 valence electrons. The molecule has 1 saturated carbocycles. The zero-order valence-corrected chi connectivity index (χ0v) is 19.6. The van der Waals surface area contributed by atoms with Crippen LogP contribution >= 0.6 is 11.3 Å². The summed E-state index contributed by atoms with van der Waals surface area (Å²) in [5, 5.41) is 8.17. The van der Waals surface area contributed by atoms with Gasteiger partial charge in [0.05, 0.1) is 27.2 Å². The molecule has 8 heteroatoms. The average molecular weight is 450 g/mol. The van der Waals surface area contributed by atoms with Gasteiger partial charge in [0.25, 0.3) is 11.8 Å². The Morgan fingerprint density at radius 1 is 1.25 bits per heavy atom. The fraction of sp³-hybridized carbons (Fsp3) is 0.417. The Kier molecular flexibility index (Phi) is 5.12. The first-order chi connectivity index (χ1) is 15.3. The van der Waals surface area contributed by atoms with Crippen molar-refractivity contribution in [3.63, 3.8) is 0 Å². The van der Waals surface area contributed by atoms with E-state index in [2.05, 4.69) is 34.5 Å². The summed E-state index contributed by atoms with van der Waals surface area (Å²) in [6, 6.07) is 8.19. The number of hydrogen-bond acceptors (Lipinski definition) is 5. The topological polar surface area (TPSA) is 80.1 Å². The minimum absolute atomic E-state index is 0.000734. The number of fused-ring (bicyclic) bond motifs is 1. The molecule has 0 radical (unpaired) electrons. The number of carbonyl (C=O) groups is 2. The first-order valence-corrected chi connectivity index (χ1v) is 11.8. The Morgan fingerprint density at radius 3 is 2.78 bits per heavy atom. The van der Waals surface area contributed by atoms with Crippen molar-refractivity contribution in [3.8, 4) is 10.4 Å². The fourth-order valence-corrected chi connectivity index (χ4v) is 5.78. The number of benzene rings is 1. The van der Waals surface area contributed by atoms with Crippen molar-refractivity contribution in [2.24, 2.45) is 18.9 Å². The van der Waals surface area contributed by atoms with Crippen LogP contribution in [0.2, 0.25) is 0 Å². The molecule has 1 aliphatic heterocycles. The summed E-state index contributed by atoms with van der Waals surface area (Å²) in [6.07, 6.45) is 2.85. The van der Waals surface area contributed by atoms with Crippen molar-refractivity contribution < 1.29 is 9.59 Å². The van der Waals surface area contributed by atoms with Crippen LogP contribution in [0.25, 0.3) is 10.4 Å². The van der Waals surface area contributed by atoms with Crippen LogP contribution in [0.3, 0.4) is 0 Å². The van der Waals surface area contributed by atoms with E-state index < -0.39 is 0 Å². The third-order valence-corrected chi connectivity index (χ3v) is 7.53. The Morgan fingerprint density at radius 2 is 2.06 bits per heavy atom. The molecule has 0 bridgehead atoms. The molecule has 7 nitrogen and oxygen atoms in total. The molecular formula is C24H27N5O2S. The molecule has 3 aromatic rings. The first-order valence-electron chi connectivity index (χ1n) is 11.0. The zero-order valence-electron chi connectivity index (χ0n) is 18.8. The van der Waals surface area contributed by atoms with E-state index in [1.54, 1.807) is 29.3 Å². The molecule has 0 spiro atoms. The lowest BCUT2D eigenvalue weighted by Crippen LogP contribution is -2.45. The molecule has 3 heterocycles. The zero-order chi connectivity index (χ0) is 22.6. The number of rotatable bonds is 5. The van der Waals surface area contributed by atoms with Crippen molar-refractivity contribution in [1.29, 1.82) is 0 Å². The van der Waals surface area contributed by atoms with Gasteiger partial charge in [-0.2, -0.15) is 5.10 Å². The van der Waals surface area contributed by atoms with Gasteiger partial charge in [-0.3, -0.25) is 14.3 Å². The fourth-order valence-electron chi connectivity index (χ4n) is 4.87. The van der Waals surface area contributed by atoms with E-state index in [0.717, 1.165) is 34.0 Å². The lowest BCUT2D eigenvalue weighted by Gasteiger charge is -2.27. The maximum absolute atomic E-state index is 13.6. The SMILES string of the molecule is Cc1cccc(-c2sc(C)nc2C(=O)N2C[C@@H]3C[C@@H]3[C@H]2CNC(=O)c2cn(C)nc2C)c1. The standard InChI is InChI=1S/C24H27N5O2S/c1-13-6-5-7-16(8-13)22-21(26-15(3)32-22)24(31)29-11-17-9-18(17)20(29)10-25-23(30)19-12-28(4)27-14(19)2/h5-8,12,17-18,20H,9-11H2,1-4H3,(H,25,30)/t17-,18-,20+/m0/s1. The largest absolute Gasteiger partial charge is 0.350 e. The molecule has 0 unspecified atom stereocenters. The summed E-state index contributed by atoms with van der Waals surface area (Å²) in [5.41, 5.74) is 3.99. The molecule has 1 aliphatic carbocycles. The number of hydrogen-bond donors (Lipinski definition) is 1. The van der Waals surface area contributed by atoms with Crippen LogP contribution in [0.15, 0.2) is 30.5 Å². The molecular weight excluding hydrogens is 422 g/mol. The van der Waals surface area contributed by atoms with Crippen LogP contribution in [0, 0.1) is 32.6 Å². The molecule has 1 aromatic carbocycles. The van der Waals surface area contributed by atoms with E-state index in [4.69, 9.17) is 0 Å². The molecule has 1 N–H and O–H groups in total. The van der Waals surface area contributed by atoms with E-state index in [1.807, 2.05) is 30.9 Å². The van der Waals surface area contributed by atoms with Gasteiger partial charge in [-0.25, -0.2) is 4.98 Å². The highest BCUT2D eigenvalue weighted by molar-refractivity contribution is 7.15. The van der Waals surface area contributed by atoms with E-state index in [9.17, 15) is 9.59 Å². The number of aryl methyl sites for hydroxylation is 4. The van der Waals surface area contributed by atoms with Gasteiger partial charge in [0.1, 0.15) is 5.69 Å². The van der Waals surface area contributed by atoms with Crippen LogP contribution in [-0.2, 0) is 7.05 Å². The highest BCUT2D eigenvalue weighted by atomic mass is 32.1. The van der Waals surface area contributed by atoms with Crippen LogP contribution in [0.4, 0.5) is 0 Å². The van der Waals surface area contributed by atoms with Gasteiger partial charge in [-0.05, 0) is 44.6 Å². The number of aromatic nitrogens is 3. The summed E-state index contributed by atoms with van der Waals surface area (Å²) in [4.78, 5) is 33.8. The minimum Gasteiger partial charge on any atom is -0.350 e. The van der Waals surface area contributed by atoms with Gasteiger partial charge in [-0.15, -0.1) is 11.3 Å². The quantitative estimate of drug-likeness (QED) is 0.648. The Labute approximate surface area is 191 Å². The van der Waals surface area contributed by atoms with Gasteiger partial charge in [0.15, 0.2) is 0 Å². The number of carbonyl (C=O) groups excluding carboxylic acids is 2. The summed E-state index contributed by atoms with van der Waals surface area (Å²) >= 11 is 1.56. The number of nitrogens with zero attached hydrogens (tertiary/aromatic N) is 4. The summed E-state index contributed by atoms with van der Waals surface area (Å²) in [7, 11) is 1.80. The van der Waals surface area contributed by atoms with Crippen molar-refractivity contribution in [2.45, 2.75) is 33.2 Å². The van der Waals surface area contributed by atoms with Crippen LogP contribution < -0.4 is 5.32 Å². The molecule has 5 rings (SSSR count). The first kappa shape index (κ1) is 20.9. The Hall–Kier alpha value is -3.00. The summed E-state index contributed by atoms with van der Waals surface area (Å²) in [6.45, 7) is 7.00. The molecule has 2 aliphatic rings. The maximum Gasteiger partial charge on any atom is 0.274 e. The number of amides is 2. The summed E-state index contributed by atoms with van der Waals surface area (Å²) < 4.78 is 1.64. The highest BCUT2D eigenvalue weighted by Crippen LogP contribution is 2.50. The van der Waals surface area contributed by atoms with Gasteiger partial charge >= 0.3 is 0 Å². The van der Waals surface area contributed by atoms with E-state index in [1.165, 1.54) is 0 Å². The van der Waals surface area contributed by atoms with Crippen LogP contribution in [-0.4, -0.2) is 50.6 Å².